The Morgan fingerprint density at radius 1 is 0.725 bits per heavy atom. The van der Waals surface area contributed by atoms with Crippen molar-refractivity contribution in [1.29, 1.82) is 5.26 Å². The van der Waals surface area contributed by atoms with E-state index in [-0.39, 0.29) is 28.7 Å². The monoisotopic (exact) mass is 1100 g/mol. The molecule has 0 amide bonds. The van der Waals surface area contributed by atoms with E-state index in [4.69, 9.17) is 29.5 Å². The van der Waals surface area contributed by atoms with Gasteiger partial charge in [0.2, 0.25) is 5.70 Å². The zero-order valence-electron chi connectivity index (χ0n) is 49.2. The van der Waals surface area contributed by atoms with Crippen molar-refractivity contribution in [2.75, 3.05) is 31.1 Å². The molecule has 0 spiro atoms. The number of unbranched alkanes of at least 4 members (excludes halogenated alkanes) is 12. The van der Waals surface area contributed by atoms with Gasteiger partial charge in [-0.15, -0.1) is 0 Å². The van der Waals surface area contributed by atoms with Crippen molar-refractivity contribution in [2.24, 2.45) is 17.3 Å². The van der Waals surface area contributed by atoms with Crippen LogP contribution in [0.3, 0.4) is 0 Å². The van der Waals surface area contributed by atoms with Gasteiger partial charge >= 0.3 is 0 Å². The van der Waals surface area contributed by atoms with Gasteiger partial charge in [0.25, 0.3) is 5.70 Å². The number of nitrogens with zero attached hydrogens (tertiary/aromatic N) is 5. The SMILES string of the molecule is [C-]#[N+]C1=C(/C=C/C2=C(Cl)C(=C/C=C(/c3ccc(N(CCCCCC)CCCCCC)cc3)C3C=CC(N(CCCCCC)CCCCCC)=CC3)/CC(C(C)(C)C)C2)C(c2ccc(F)cc2)(c2ccc(F)cc2)O/C1=C(\C#N)[N+]#[C-]. The quantitative estimate of drug-likeness (QED) is 0.0395. The minimum Gasteiger partial charge on any atom is -0.495 e. The van der Waals surface area contributed by atoms with Crippen LogP contribution in [-0.2, 0) is 10.3 Å². The average molecular weight is 1100 g/mol. The van der Waals surface area contributed by atoms with Crippen LogP contribution in [0.5, 0.6) is 0 Å². The second-order valence-electron chi connectivity index (χ2n) is 23.1. The second kappa shape index (κ2) is 31.6. The normalized spacial score (nSPS) is 18.5. The molecule has 0 bridgehead atoms. The van der Waals surface area contributed by atoms with Crippen molar-refractivity contribution >= 4 is 22.9 Å². The highest BCUT2D eigenvalue weighted by Gasteiger charge is 2.49. The average Bonchev–Trinajstić information content (AvgIpc) is 4.06. The molecule has 1 aliphatic heterocycles. The number of halogens is 3. The smallest absolute Gasteiger partial charge is 0.292 e. The van der Waals surface area contributed by atoms with Crippen molar-refractivity contribution in [3.8, 4) is 6.07 Å². The molecule has 6 rings (SSSR count). The van der Waals surface area contributed by atoms with Gasteiger partial charge in [-0.05, 0) is 121 Å². The van der Waals surface area contributed by atoms with Gasteiger partial charge < -0.3 is 14.5 Å². The Balaban J connectivity index is 1.48. The molecule has 0 aromatic heterocycles. The van der Waals surface area contributed by atoms with E-state index in [0.29, 0.717) is 28.2 Å². The first-order chi connectivity index (χ1) is 38.8. The molecule has 3 aromatic rings. The van der Waals surface area contributed by atoms with Crippen LogP contribution < -0.4 is 4.90 Å². The van der Waals surface area contributed by atoms with E-state index in [0.717, 1.165) is 50.2 Å². The maximum atomic E-state index is 14.6. The molecule has 9 heteroatoms. The van der Waals surface area contributed by atoms with Crippen LogP contribution in [0, 0.1) is 53.4 Å². The largest absolute Gasteiger partial charge is 0.495 e. The molecule has 0 fully saturated rings. The van der Waals surface area contributed by atoms with Crippen LogP contribution in [0.1, 0.15) is 187 Å². The lowest BCUT2D eigenvalue weighted by atomic mass is 9.70. The summed E-state index contributed by atoms with van der Waals surface area (Å²) in [5.74, 6) is -0.834. The van der Waals surface area contributed by atoms with Gasteiger partial charge in [-0.1, -0.05) is 210 Å². The summed E-state index contributed by atoms with van der Waals surface area (Å²) >= 11 is 7.67. The van der Waals surface area contributed by atoms with Crippen LogP contribution in [-0.4, -0.2) is 31.1 Å². The fraction of sp³-hybridized carbons (Fsp3) is 0.479. The molecule has 2 unspecified atom stereocenters. The Morgan fingerprint density at radius 3 is 1.70 bits per heavy atom. The van der Waals surface area contributed by atoms with Gasteiger partial charge in [-0.3, -0.25) is 0 Å². The Morgan fingerprint density at radius 2 is 1.25 bits per heavy atom. The molecular formula is C71H88ClF2N5O. The molecule has 80 heavy (non-hydrogen) atoms. The van der Waals surface area contributed by atoms with Crippen molar-refractivity contribution < 1.29 is 13.5 Å². The number of hydrogen-bond donors (Lipinski definition) is 0. The van der Waals surface area contributed by atoms with Gasteiger partial charge in [0.15, 0.2) is 5.60 Å². The maximum absolute atomic E-state index is 14.6. The van der Waals surface area contributed by atoms with E-state index >= 15 is 0 Å². The molecule has 424 valence electrons. The van der Waals surface area contributed by atoms with Crippen molar-refractivity contribution in [3.05, 3.63) is 211 Å². The topological polar surface area (TPSA) is 48.2 Å². The van der Waals surface area contributed by atoms with E-state index in [1.54, 1.807) is 30.3 Å². The predicted molar refractivity (Wildman–Crippen MR) is 330 cm³/mol. The van der Waals surface area contributed by atoms with E-state index in [1.165, 1.54) is 150 Å². The number of nitriles is 1. The van der Waals surface area contributed by atoms with Crippen LogP contribution in [0.2, 0.25) is 0 Å². The Hall–Kier alpha value is -6.40. The fourth-order valence-corrected chi connectivity index (χ4v) is 11.7. The molecule has 0 N–H and O–H groups in total. The van der Waals surface area contributed by atoms with Gasteiger partial charge in [0.1, 0.15) is 17.4 Å². The molecule has 0 radical (unpaired) electrons. The minimum absolute atomic E-state index is 0.0401. The Bertz CT molecular complexity index is 2810. The second-order valence-corrected chi connectivity index (χ2v) is 23.5. The first-order valence-electron chi connectivity index (χ1n) is 30.1. The number of ether oxygens (including phenoxy) is 1. The van der Waals surface area contributed by atoms with Crippen molar-refractivity contribution in [2.45, 2.75) is 176 Å². The molecule has 2 atom stereocenters. The number of hydrogen-bond acceptors (Lipinski definition) is 4. The van der Waals surface area contributed by atoms with Gasteiger partial charge in [-0.25, -0.2) is 23.7 Å². The summed E-state index contributed by atoms with van der Waals surface area (Å²) in [5, 5.41) is 10.8. The summed E-state index contributed by atoms with van der Waals surface area (Å²) in [6.45, 7) is 36.5. The number of rotatable bonds is 29. The summed E-state index contributed by atoms with van der Waals surface area (Å²) in [7, 11) is 0. The summed E-state index contributed by atoms with van der Waals surface area (Å²) in [6, 6.07) is 22.6. The third kappa shape index (κ3) is 16.6. The Kier molecular flexibility index (Phi) is 24.8. The van der Waals surface area contributed by atoms with Crippen LogP contribution >= 0.6 is 11.6 Å². The molecule has 3 aliphatic rings. The lowest BCUT2D eigenvalue weighted by molar-refractivity contribution is 0.0955. The third-order valence-electron chi connectivity index (χ3n) is 16.3. The maximum Gasteiger partial charge on any atom is 0.292 e. The fourth-order valence-electron chi connectivity index (χ4n) is 11.4. The van der Waals surface area contributed by atoms with E-state index in [9.17, 15) is 14.0 Å². The predicted octanol–water partition coefficient (Wildman–Crippen LogP) is 20.5. The van der Waals surface area contributed by atoms with Gasteiger partial charge in [0.05, 0.1) is 19.2 Å². The molecule has 2 aliphatic carbocycles. The summed E-state index contributed by atoms with van der Waals surface area (Å²) < 4.78 is 36.0. The molecule has 3 aromatic carbocycles. The first kappa shape index (κ1) is 62.8. The summed E-state index contributed by atoms with van der Waals surface area (Å²) in [4.78, 5) is 12.6. The standard InChI is InChI=1S/C71H88ClF2N5O/c1-10-14-18-22-46-78(47-23-19-15-11-2)62-40-26-53(27-41-62)64(54-28-42-63(43-29-54)79(48-24-20-16-12-3)49-25-21-17-13-4)44-30-55-50-59(70(5,6)7)51-56(67(55)72)31-45-65-68(77-9)69(66(52-75)76-8)80-71(65,57-32-36-60(73)37-33-57)58-34-38-61(74)39-35-58/h26-28,30-45,54,59H,10-25,29,46-51H2,1-7H3/b45-31+,55-30+,64-44-,69-66+. The zero-order valence-corrected chi connectivity index (χ0v) is 49.9. The molecule has 6 nitrogen and oxygen atoms in total. The van der Waals surface area contributed by atoms with E-state index in [1.807, 2.05) is 12.1 Å². The van der Waals surface area contributed by atoms with Gasteiger partial charge in [0, 0.05) is 65.2 Å². The van der Waals surface area contributed by atoms with Crippen LogP contribution in [0.25, 0.3) is 15.3 Å². The number of allylic oxidation sites excluding steroid dienone is 11. The molecule has 1 heterocycles. The van der Waals surface area contributed by atoms with Gasteiger partial charge in [-0.2, -0.15) is 0 Å². The van der Waals surface area contributed by atoms with Crippen molar-refractivity contribution in [3.63, 3.8) is 0 Å². The molecular weight excluding hydrogens is 1010 g/mol. The summed E-state index contributed by atoms with van der Waals surface area (Å²) in [5.41, 5.74) is 5.87. The number of benzene rings is 3. The van der Waals surface area contributed by atoms with E-state index < -0.39 is 22.9 Å². The van der Waals surface area contributed by atoms with Crippen LogP contribution in [0.15, 0.2) is 160 Å². The third-order valence-corrected chi connectivity index (χ3v) is 16.8. The molecule has 0 saturated heterocycles. The highest BCUT2D eigenvalue weighted by molar-refractivity contribution is 6.32. The van der Waals surface area contributed by atoms with E-state index in [2.05, 4.69) is 123 Å². The lowest BCUT2D eigenvalue weighted by Crippen LogP contribution is -2.29. The highest BCUT2D eigenvalue weighted by atomic mass is 35.5. The first-order valence-corrected chi connectivity index (χ1v) is 30.5. The Labute approximate surface area is 485 Å². The summed E-state index contributed by atoms with van der Waals surface area (Å²) in [6.07, 6.45) is 37.5. The van der Waals surface area contributed by atoms with Crippen LogP contribution in [0.4, 0.5) is 14.5 Å². The lowest BCUT2D eigenvalue weighted by Gasteiger charge is -2.36. The zero-order chi connectivity index (χ0) is 57.5. The highest BCUT2D eigenvalue weighted by Crippen LogP contribution is 2.53. The van der Waals surface area contributed by atoms with Crippen molar-refractivity contribution in [1.82, 2.24) is 4.90 Å². The minimum atomic E-state index is -1.65. The number of anilines is 1. The molecule has 0 saturated carbocycles.